The number of sulfonamides is 1. The van der Waals surface area contributed by atoms with Gasteiger partial charge in [-0.3, -0.25) is 9.36 Å². The lowest BCUT2D eigenvalue weighted by Crippen LogP contribution is -2.37. The van der Waals surface area contributed by atoms with E-state index in [-0.39, 0.29) is 17.0 Å². The molecular formula is C26H26BrN3O3S. The highest BCUT2D eigenvalue weighted by molar-refractivity contribution is 9.10. The minimum absolute atomic E-state index is 0.185. The quantitative estimate of drug-likeness (QED) is 0.322. The lowest BCUT2D eigenvalue weighted by molar-refractivity contribution is 0.340. The first kappa shape index (κ1) is 24.3. The van der Waals surface area contributed by atoms with Crippen LogP contribution in [0.4, 0.5) is 0 Å². The average molecular weight is 540 g/mol. The van der Waals surface area contributed by atoms with Gasteiger partial charge in [0.1, 0.15) is 5.82 Å². The van der Waals surface area contributed by atoms with Crippen LogP contribution in [-0.4, -0.2) is 28.8 Å². The Bertz CT molecular complexity index is 1530. The first-order chi connectivity index (χ1) is 16.1. The summed E-state index contributed by atoms with van der Waals surface area (Å²) in [5.41, 5.74) is 3.10. The fraction of sp³-hybridized carbons (Fsp3) is 0.231. The number of halogens is 1. The monoisotopic (exact) mass is 539 g/mol. The second-order valence-corrected chi connectivity index (χ2v) is 11.0. The van der Waals surface area contributed by atoms with Crippen LogP contribution in [-0.2, 0) is 10.0 Å². The highest BCUT2D eigenvalue weighted by Crippen LogP contribution is 2.29. The van der Waals surface area contributed by atoms with Crippen LogP contribution in [0.15, 0.2) is 80.9 Å². The molecule has 0 amide bonds. The molecular weight excluding hydrogens is 514 g/mol. The molecule has 1 heterocycles. The van der Waals surface area contributed by atoms with E-state index < -0.39 is 16.1 Å². The number of hydrogen-bond acceptors (Lipinski definition) is 4. The van der Waals surface area contributed by atoms with Crippen molar-refractivity contribution in [2.75, 3.05) is 6.54 Å². The van der Waals surface area contributed by atoms with Crippen LogP contribution in [0.2, 0.25) is 0 Å². The number of para-hydroxylation sites is 1. The molecule has 0 N–H and O–H groups in total. The third-order valence-corrected chi connectivity index (χ3v) is 8.68. The van der Waals surface area contributed by atoms with E-state index in [1.165, 1.54) is 4.31 Å². The second kappa shape index (κ2) is 9.44. The zero-order chi connectivity index (χ0) is 24.6. The number of benzene rings is 3. The zero-order valence-corrected chi connectivity index (χ0v) is 21.9. The van der Waals surface area contributed by atoms with Crippen molar-refractivity contribution < 1.29 is 8.42 Å². The molecule has 1 unspecified atom stereocenters. The van der Waals surface area contributed by atoms with Crippen molar-refractivity contribution in [2.24, 2.45) is 0 Å². The Kier molecular flexibility index (Phi) is 6.75. The van der Waals surface area contributed by atoms with Crippen LogP contribution in [0.1, 0.15) is 36.8 Å². The zero-order valence-electron chi connectivity index (χ0n) is 19.5. The Balaban J connectivity index is 1.95. The van der Waals surface area contributed by atoms with E-state index >= 15 is 0 Å². The summed E-state index contributed by atoms with van der Waals surface area (Å²) in [7, 11) is -3.84. The Morgan fingerprint density at radius 2 is 1.68 bits per heavy atom. The molecule has 1 aromatic heterocycles. The minimum atomic E-state index is -3.84. The van der Waals surface area contributed by atoms with Crippen molar-refractivity contribution in [1.82, 2.24) is 13.9 Å². The normalized spacial score (nSPS) is 12.9. The van der Waals surface area contributed by atoms with E-state index in [0.717, 1.165) is 15.6 Å². The summed E-state index contributed by atoms with van der Waals surface area (Å²) in [6, 6.07) is 18.7. The van der Waals surface area contributed by atoms with Crippen LogP contribution < -0.4 is 5.56 Å². The molecule has 0 saturated heterocycles. The van der Waals surface area contributed by atoms with Gasteiger partial charge in [0.15, 0.2) is 0 Å². The SMILES string of the molecule is CCN(C(C)c1nc2ccccc2c(=O)n1-c1ccc(C)c(C)c1)S(=O)(=O)c1ccc(Br)cc1. The maximum absolute atomic E-state index is 13.7. The second-order valence-electron chi connectivity index (χ2n) is 8.23. The number of nitrogens with zero attached hydrogens (tertiary/aromatic N) is 3. The van der Waals surface area contributed by atoms with Gasteiger partial charge >= 0.3 is 0 Å². The lowest BCUT2D eigenvalue weighted by atomic mass is 10.1. The number of hydrogen-bond donors (Lipinski definition) is 0. The Labute approximate surface area is 208 Å². The third-order valence-electron chi connectivity index (χ3n) is 6.09. The Hall–Kier alpha value is -2.81. The molecule has 3 aromatic carbocycles. The summed E-state index contributed by atoms with van der Waals surface area (Å²) in [4.78, 5) is 18.7. The molecule has 34 heavy (non-hydrogen) atoms. The van der Waals surface area contributed by atoms with Crippen molar-refractivity contribution >= 4 is 36.9 Å². The Morgan fingerprint density at radius 1 is 1.00 bits per heavy atom. The van der Waals surface area contributed by atoms with Crippen LogP contribution in [0.5, 0.6) is 0 Å². The van der Waals surface area contributed by atoms with E-state index in [2.05, 4.69) is 15.9 Å². The molecule has 6 nitrogen and oxygen atoms in total. The maximum Gasteiger partial charge on any atom is 0.266 e. The van der Waals surface area contributed by atoms with Gasteiger partial charge in [0.2, 0.25) is 10.0 Å². The molecule has 0 bridgehead atoms. The number of fused-ring (bicyclic) bond motifs is 1. The van der Waals surface area contributed by atoms with Gasteiger partial charge < -0.3 is 0 Å². The number of aryl methyl sites for hydroxylation is 2. The molecule has 4 aromatic rings. The summed E-state index contributed by atoms with van der Waals surface area (Å²) in [5.74, 6) is 0.370. The molecule has 0 saturated carbocycles. The van der Waals surface area contributed by atoms with Crippen molar-refractivity contribution in [3.8, 4) is 5.69 Å². The first-order valence-electron chi connectivity index (χ1n) is 11.0. The molecule has 0 fully saturated rings. The van der Waals surface area contributed by atoms with Gasteiger partial charge in [0.25, 0.3) is 5.56 Å². The van der Waals surface area contributed by atoms with E-state index in [1.807, 2.05) is 38.1 Å². The van der Waals surface area contributed by atoms with Crippen LogP contribution in [0.3, 0.4) is 0 Å². The lowest BCUT2D eigenvalue weighted by Gasteiger charge is -2.29. The molecule has 0 aliphatic carbocycles. The largest absolute Gasteiger partial charge is 0.268 e. The van der Waals surface area contributed by atoms with Crippen molar-refractivity contribution in [1.29, 1.82) is 0 Å². The van der Waals surface area contributed by atoms with E-state index in [4.69, 9.17) is 4.98 Å². The highest BCUT2D eigenvalue weighted by Gasteiger charge is 2.32. The van der Waals surface area contributed by atoms with Gasteiger partial charge in [-0.15, -0.1) is 0 Å². The summed E-state index contributed by atoms with van der Waals surface area (Å²) in [6.45, 7) is 7.76. The van der Waals surface area contributed by atoms with Crippen molar-refractivity contribution in [3.05, 3.63) is 98.5 Å². The van der Waals surface area contributed by atoms with Gasteiger partial charge in [-0.05, 0) is 80.4 Å². The van der Waals surface area contributed by atoms with Gasteiger partial charge in [-0.1, -0.05) is 41.1 Å². The summed E-state index contributed by atoms with van der Waals surface area (Å²) < 4.78 is 30.9. The molecule has 8 heteroatoms. The minimum Gasteiger partial charge on any atom is -0.268 e. The third kappa shape index (κ3) is 4.33. The summed E-state index contributed by atoms with van der Waals surface area (Å²) in [5, 5.41) is 0.482. The van der Waals surface area contributed by atoms with E-state index in [0.29, 0.717) is 22.4 Å². The fourth-order valence-electron chi connectivity index (χ4n) is 4.07. The Morgan fingerprint density at radius 3 is 2.32 bits per heavy atom. The smallest absolute Gasteiger partial charge is 0.266 e. The first-order valence-corrected chi connectivity index (χ1v) is 13.2. The molecule has 176 valence electrons. The average Bonchev–Trinajstić information content (AvgIpc) is 2.81. The molecule has 4 rings (SSSR count). The predicted octanol–water partition coefficient (Wildman–Crippen LogP) is 5.54. The maximum atomic E-state index is 13.7. The van der Waals surface area contributed by atoms with Gasteiger partial charge in [0.05, 0.1) is 27.5 Å². The topological polar surface area (TPSA) is 72.3 Å². The van der Waals surface area contributed by atoms with Gasteiger partial charge in [-0.2, -0.15) is 4.31 Å². The fourth-order valence-corrected chi connectivity index (χ4v) is 5.93. The van der Waals surface area contributed by atoms with Crippen molar-refractivity contribution in [2.45, 2.75) is 38.6 Å². The van der Waals surface area contributed by atoms with Gasteiger partial charge in [0, 0.05) is 11.0 Å². The van der Waals surface area contributed by atoms with Crippen LogP contribution >= 0.6 is 15.9 Å². The molecule has 0 aliphatic rings. The molecule has 0 radical (unpaired) electrons. The standard InChI is InChI=1S/C26H26BrN3O3S/c1-5-29(34(32,33)22-14-11-20(27)12-15-22)19(4)25-28-24-9-7-6-8-23(24)26(31)30(25)21-13-10-17(2)18(3)16-21/h6-16,19H,5H2,1-4H3. The molecule has 0 aliphatic heterocycles. The molecule has 1 atom stereocenters. The van der Waals surface area contributed by atoms with Crippen molar-refractivity contribution in [3.63, 3.8) is 0 Å². The van der Waals surface area contributed by atoms with Crippen LogP contribution in [0, 0.1) is 13.8 Å². The molecule has 0 spiro atoms. The summed E-state index contributed by atoms with van der Waals surface area (Å²) in [6.07, 6.45) is 0. The van der Waals surface area contributed by atoms with E-state index in [9.17, 15) is 13.2 Å². The summed E-state index contributed by atoms with van der Waals surface area (Å²) >= 11 is 3.35. The predicted molar refractivity (Wildman–Crippen MR) is 139 cm³/mol. The van der Waals surface area contributed by atoms with Crippen LogP contribution in [0.25, 0.3) is 16.6 Å². The van der Waals surface area contributed by atoms with E-state index in [1.54, 1.807) is 60.9 Å². The highest BCUT2D eigenvalue weighted by atomic mass is 79.9. The number of rotatable bonds is 6. The van der Waals surface area contributed by atoms with Gasteiger partial charge in [-0.25, -0.2) is 13.4 Å². The number of aromatic nitrogens is 2.